The highest BCUT2D eigenvalue weighted by Gasteiger charge is 2.15. The maximum Gasteiger partial charge on any atom is 0.303 e. The quantitative estimate of drug-likeness (QED) is 0.415. The van der Waals surface area contributed by atoms with Crippen LogP contribution in [0.5, 0.6) is 11.5 Å². The lowest BCUT2D eigenvalue weighted by Gasteiger charge is -2.11. The second-order valence-corrected chi connectivity index (χ2v) is 8.18. The zero-order valence-corrected chi connectivity index (χ0v) is 19.1. The number of nitriles is 1. The van der Waals surface area contributed by atoms with Crippen LogP contribution in [0.3, 0.4) is 0 Å². The molecule has 0 aliphatic heterocycles. The number of aromatic nitrogens is 2. The van der Waals surface area contributed by atoms with Crippen LogP contribution in [0.1, 0.15) is 44.7 Å². The van der Waals surface area contributed by atoms with E-state index in [2.05, 4.69) is 10.4 Å². The molecule has 0 aliphatic rings. The molecule has 0 radical (unpaired) electrons. The summed E-state index contributed by atoms with van der Waals surface area (Å²) in [6.45, 7) is 6.24. The van der Waals surface area contributed by atoms with Gasteiger partial charge in [0.15, 0.2) is 5.82 Å². The van der Waals surface area contributed by atoms with Crippen molar-refractivity contribution in [3.63, 3.8) is 0 Å². The fourth-order valence-electron chi connectivity index (χ4n) is 3.14. The van der Waals surface area contributed by atoms with Crippen molar-refractivity contribution in [2.75, 3.05) is 6.61 Å². The molecule has 2 aromatic carbocycles. The number of aliphatic carboxylic acids is 1. The Kier molecular flexibility index (Phi) is 7.79. The van der Waals surface area contributed by atoms with Crippen LogP contribution < -0.4 is 9.47 Å². The number of ether oxygens (including phenoxy) is 2. The van der Waals surface area contributed by atoms with Crippen LogP contribution >= 0.6 is 11.5 Å². The molecule has 3 aromatic rings. The Morgan fingerprint density at radius 3 is 2.75 bits per heavy atom. The molecule has 0 atom stereocenters. The predicted molar refractivity (Wildman–Crippen MR) is 123 cm³/mol. The van der Waals surface area contributed by atoms with Crippen LogP contribution in [0.2, 0.25) is 0 Å². The van der Waals surface area contributed by atoms with Gasteiger partial charge >= 0.3 is 5.97 Å². The largest absolute Gasteiger partial charge is 0.494 e. The summed E-state index contributed by atoms with van der Waals surface area (Å²) in [5.41, 5.74) is 3.25. The fraction of sp³-hybridized carbons (Fsp3) is 0.333. The number of carbonyl (C=O) groups is 1. The van der Waals surface area contributed by atoms with Crippen LogP contribution in [-0.2, 0) is 11.2 Å². The van der Waals surface area contributed by atoms with Crippen molar-refractivity contribution >= 4 is 17.5 Å². The number of aryl methyl sites for hydroxylation is 1. The molecule has 3 rings (SSSR count). The molecule has 1 aromatic heterocycles. The Bertz CT molecular complexity index is 1130. The lowest BCUT2D eigenvalue weighted by molar-refractivity contribution is -0.137. The van der Waals surface area contributed by atoms with Gasteiger partial charge in [0.1, 0.15) is 22.6 Å². The first-order chi connectivity index (χ1) is 15.4. The molecule has 0 unspecified atom stereocenters. The topological polar surface area (TPSA) is 105 Å². The summed E-state index contributed by atoms with van der Waals surface area (Å²) in [5, 5.41) is 18.9. The Morgan fingerprint density at radius 2 is 2.06 bits per heavy atom. The normalized spacial score (nSPS) is 10.7. The number of benzene rings is 2. The van der Waals surface area contributed by atoms with Gasteiger partial charge in [0.2, 0.25) is 0 Å². The van der Waals surface area contributed by atoms with Crippen molar-refractivity contribution in [1.82, 2.24) is 9.36 Å². The lowest BCUT2D eigenvalue weighted by Crippen LogP contribution is -2.06. The van der Waals surface area contributed by atoms with Gasteiger partial charge in [-0.25, -0.2) is 4.98 Å². The first-order valence-electron chi connectivity index (χ1n) is 10.4. The van der Waals surface area contributed by atoms with Gasteiger partial charge in [0.05, 0.1) is 18.3 Å². The molecular formula is C24H25N3O4S. The van der Waals surface area contributed by atoms with Gasteiger partial charge in [0, 0.05) is 17.5 Å². The van der Waals surface area contributed by atoms with E-state index >= 15 is 0 Å². The molecule has 0 saturated carbocycles. The molecule has 1 N–H and O–H groups in total. The van der Waals surface area contributed by atoms with Crippen LogP contribution in [0.25, 0.3) is 22.0 Å². The molecule has 166 valence electrons. The van der Waals surface area contributed by atoms with E-state index in [1.54, 1.807) is 12.1 Å². The number of hydrogen-bond donors (Lipinski definition) is 1. The van der Waals surface area contributed by atoms with Crippen molar-refractivity contribution in [2.45, 2.75) is 46.1 Å². The third kappa shape index (κ3) is 5.83. The number of hydrogen-bond acceptors (Lipinski definition) is 7. The van der Waals surface area contributed by atoms with E-state index in [0.717, 1.165) is 28.1 Å². The second-order valence-electron chi connectivity index (χ2n) is 7.43. The van der Waals surface area contributed by atoms with Crippen molar-refractivity contribution in [1.29, 1.82) is 5.26 Å². The van der Waals surface area contributed by atoms with E-state index in [4.69, 9.17) is 19.6 Å². The van der Waals surface area contributed by atoms with Crippen LogP contribution in [-0.4, -0.2) is 33.1 Å². The summed E-state index contributed by atoms with van der Waals surface area (Å²) in [6.07, 6.45) is 1.30. The van der Waals surface area contributed by atoms with Gasteiger partial charge in [-0.2, -0.15) is 9.64 Å². The second kappa shape index (κ2) is 10.7. The van der Waals surface area contributed by atoms with E-state index in [1.165, 1.54) is 11.5 Å². The van der Waals surface area contributed by atoms with E-state index < -0.39 is 5.97 Å². The van der Waals surface area contributed by atoms with Gasteiger partial charge < -0.3 is 14.6 Å². The monoisotopic (exact) mass is 451 g/mol. The van der Waals surface area contributed by atoms with E-state index in [9.17, 15) is 10.1 Å². The minimum atomic E-state index is -0.826. The van der Waals surface area contributed by atoms with E-state index in [-0.39, 0.29) is 12.5 Å². The van der Waals surface area contributed by atoms with Gasteiger partial charge in [-0.15, -0.1) is 0 Å². The molecule has 0 bridgehead atoms. The molecular weight excluding hydrogens is 426 g/mol. The van der Waals surface area contributed by atoms with Crippen LogP contribution in [0.15, 0.2) is 36.4 Å². The van der Waals surface area contributed by atoms with Crippen LogP contribution in [0.4, 0.5) is 0 Å². The number of rotatable bonds is 10. The van der Waals surface area contributed by atoms with Crippen molar-refractivity contribution in [2.24, 2.45) is 0 Å². The third-order valence-electron chi connectivity index (χ3n) is 4.64. The highest BCUT2D eigenvalue weighted by Crippen LogP contribution is 2.32. The van der Waals surface area contributed by atoms with Gasteiger partial charge in [-0.3, -0.25) is 4.79 Å². The molecule has 1 heterocycles. The van der Waals surface area contributed by atoms with Gasteiger partial charge in [-0.1, -0.05) is 6.92 Å². The Morgan fingerprint density at radius 1 is 1.25 bits per heavy atom. The van der Waals surface area contributed by atoms with Crippen molar-refractivity contribution in [3.05, 3.63) is 47.5 Å². The summed E-state index contributed by atoms with van der Waals surface area (Å²) in [6, 6.07) is 13.4. The smallest absolute Gasteiger partial charge is 0.303 e. The summed E-state index contributed by atoms with van der Waals surface area (Å²) < 4.78 is 15.9. The molecule has 0 aliphatic carbocycles. The molecule has 0 spiro atoms. The summed E-state index contributed by atoms with van der Waals surface area (Å²) in [4.78, 5) is 15.3. The highest BCUT2D eigenvalue weighted by molar-refractivity contribution is 7.09. The van der Waals surface area contributed by atoms with Crippen molar-refractivity contribution in [3.8, 4) is 39.5 Å². The van der Waals surface area contributed by atoms with E-state index in [1.807, 2.05) is 45.0 Å². The van der Waals surface area contributed by atoms with Crippen LogP contribution in [0, 0.1) is 11.3 Å². The maximum absolute atomic E-state index is 10.6. The zero-order chi connectivity index (χ0) is 23.1. The Balaban J connectivity index is 1.80. The molecule has 7 nitrogen and oxygen atoms in total. The SMILES string of the molecule is CCc1cc(OCCCC(=O)O)ccc1-c1nsc(-c2ccc(OC(C)C)c(C#N)c2)n1. The summed E-state index contributed by atoms with van der Waals surface area (Å²) >= 11 is 1.28. The first-order valence-corrected chi connectivity index (χ1v) is 11.2. The van der Waals surface area contributed by atoms with E-state index in [0.29, 0.717) is 35.9 Å². The summed E-state index contributed by atoms with van der Waals surface area (Å²) in [7, 11) is 0. The molecule has 0 amide bonds. The van der Waals surface area contributed by atoms with Gasteiger partial charge in [0.25, 0.3) is 0 Å². The predicted octanol–water partition coefficient (Wildman–Crippen LogP) is 5.34. The zero-order valence-electron chi connectivity index (χ0n) is 18.3. The molecule has 32 heavy (non-hydrogen) atoms. The molecule has 8 heteroatoms. The fourth-order valence-corrected chi connectivity index (χ4v) is 3.81. The molecule has 0 fully saturated rings. The minimum absolute atomic E-state index is 0.0160. The maximum atomic E-state index is 10.6. The average molecular weight is 452 g/mol. The highest BCUT2D eigenvalue weighted by atomic mass is 32.1. The van der Waals surface area contributed by atoms with Gasteiger partial charge in [-0.05, 0) is 80.2 Å². The average Bonchev–Trinajstić information content (AvgIpc) is 3.26. The lowest BCUT2D eigenvalue weighted by atomic mass is 10.0. The summed E-state index contributed by atoms with van der Waals surface area (Å²) in [5.74, 6) is 1.06. The number of carboxylic acids is 1. The Labute approximate surface area is 191 Å². The van der Waals surface area contributed by atoms with Crippen molar-refractivity contribution < 1.29 is 19.4 Å². The number of carboxylic acid groups (broad SMARTS) is 1. The Hall–Kier alpha value is -3.44. The number of nitrogens with zero attached hydrogens (tertiary/aromatic N) is 3. The standard InChI is InChI=1S/C24H25N3O4S/c1-4-16-13-19(30-11-5-6-22(28)29)8-9-20(16)23-26-24(32-27-23)17-7-10-21(31-15(2)3)18(12-17)14-25/h7-10,12-13,15H,4-6,11H2,1-3H3,(H,28,29). The molecule has 0 saturated heterocycles. The minimum Gasteiger partial charge on any atom is -0.494 e. The third-order valence-corrected chi connectivity index (χ3v) is 5.40. The first kappa shape index (κ1) is 23.2.